The van der Waals surface area contributed by atoms with E-state index in [1.54, 1.807) is 0 Å². The number of nitrogens with zero attached hydrogens (tertiary/aromatic N) is 1. The lowest BCUT2D eigenvalue weighted by molar-refractivity contribution is -0.164. The Kier molecular flexibility index (Phi) is 23.5. The van der Waals surface area contributed by atoms with Gasteiger partial charge in [-0.05, 0) is 156 Å². The van der Waals surface area contributed by atoms with E-state index in [0.717, 1.165) is 87.1 Å². The summed E-state index contributed by atoms with van der Waals surface area (Å²) < 4.78 is 23.6. The minimum atomic E-state index is -0.444. The van der Waals surface area contributed by atoms with E-state index >= 15 is 0 Å². The molecule has 7 nitrogen and oxygen atoms in total. The maximum absolute atomic E-state index is 13.0. The number of carbonyl (C=O) groups excluding carboxylic acids is 2. The smallest absolute Gasteiger partial charge is 0.332 e. The lowest BCUT2D eigenvalue weighted by Gasteiger charge is -2.58. The zero-order valence-electron chi connectivity index (χ0n) is 42.2. The Morgan fingerprint density at radius 2 is 1.48 bits per heavy atom. The second kappa shape index (κ2) is 28.4. The molecule has 3 saturated carbocycles. The fourth-order valence-electron chi connectivity index (χ4n) is 13.4. The predicted molar refractivity (Wildman–Crippen MR) is 264 cm³/mol. The lowest BCUT2D eigenvalue weighted by Crippen LogP contribution is -2.51. The number of carbonyl (C=O) groups is 2. The number of allylic oxidation sites excluding steroid dienone is 5. The van der Waals surface area contributed by atoms with Crippen molar-refractivity contribution in [3.63, 3.8) is 0 Å². The summed E-state index contributed by atoms with van der Waals surface area (Å²) in [6.45, 7) is 18.1. The highest BCUT2D eigenvalue weighted by atomic mass is 16.6. The van der Waals surface area contributed by atoms with Crippen molar-refractivity contribution in [2.24, 2.45) is 46.3 Å². The molecule has 1 aliphatic heterocycles. The largest absolute Gasteiger partial charge is 0.460 e. The standard InChI is InChI=1S/C57H97NO6/c1-7-8-9-10-11-12-13-14-15-16-17-18-19-20-21-25-39-61-42-49(41-58-37-23-22-24-38-58)64-55(60)44-62-43-54(59)63-48-33-35-56(5)47(40-48)29-30-50-52-32-31-51(46(4)28-26-27-45(2)3)57(52,6)36-34-53(50)56/h11-12,14-15,29,45-46,48-53H,7-10,13,16-28,30-44H2,1-6H3/t46-,48+,49?,50?,51-,52?,53?,56+,57-/m1/s1. The fourth-order valence-corrected chi connectivity index (χ4v) is 13.4. The number of fused-ring (bicyclic) bond motifs is 5. The van der Waals surface area contributed by atoms with Gasteiger partial charge in [-0.3, -0.25) is 4.90 Å². The first-order valence-corrected chi connectivity index (χ1v) is 27.3. The first-order valence-electron chi connectivity index (χ1n) is 27.3. The molecule has 4 fully saturated rings. The van der Waals surface area contributed by atoms with Crippen molar-refractivity contribution in [2.75, 3.05) is 46.1 Å². The summed E-state index contributed by atoms with van der Waals surface area (Å²) in [5.74, 6) is 4.06. The summed E-state index contributed by atoms with van der Waals surface area (Å²) in [5.41, 5.74) is 2.23. The number of hydrogen-bond acceptors (Lipinski definition) is 7. The summed E-state index contributed by atoms with van der Waals surface area (Å²) in [4.78, 5) is 28.4. The molecule has 7 heteroatoms. The summed E-state index contributed by atoms with van der Waals surface area (Å²) in [5, 5.41) is 0. The van der Waals surface area contributed by atoms with Crippen molar-refractivity contribution in [1.82, 2.24) is 4.90 Å². The average molecular weight is 892 g/mol. The average Bonchev–Trinajstić information content (AvgIpc) is 3.63. The molecule has 64 heavy (non-hydrogen) atoms. The van der Waals surface area contributed by atoms with Crippen LogP contribution in [0.15, 0.2) is 36.0 Å². The van der Waals surface area contributed by atoms with Crippen LogP contribution in [-0.2, 0) is 28.5 Å². The quantitative estimate of drug-likeness (QED) is 0.0404. The van der Waals surface area contributed by atoms with Crippen molar-refractivity contribution in [3.8, 4) is 0 Å². The van der Waals surface area contributed by atoms with Crippen molar-refractivity contribution in [3.05, 3.63) is 36.0 Å². The van der Waals surface area contributed by atoms with Crippen molar-refractivity contribution in [2.45, 2.75) is 221 Å². The topological polar surface area (TPSA) is 74.3 Å². The molecule has 0 aromatic heterocycles. The Morgan fingerprint density at radius 3 is 2.23 bits per heavy atom. The van der Waals surface area contributed by atoms with Crippen LogP contribution in [0, 0.1) is 46.3 Å². The molecule has 0 N–H and O–H groups in total. The van der Waals surface area contributed by atoms with Crippen LogP contribution >= 0.6 is 0 Å². The molecular formula is C57H97NO6. The fraction of sp³-hybridized carbons (Fsp3) is 0.860. The number of hydrogen-bond donors (Lipinski definition) is 0. The van der Waals surface area contributed by atoms with Crippen LogP contribution in [0.25, 0.3) is 0 Å². The zero-order chi connectivity index (χ0) is 45.6. The molecule has 5 rings (SSSR count). The van der Waals surface area contributed by atoms with E-state index in [1.807, 2.05) is 0 Å². The van der Waals surface area contributed by atoms with Gasteiger partial charge in [-0.25, -0.2) is 9.59 Å². The number of likely N-dealkylation sites (tertiary alicyclic amines) is 1. The number of ether oxygens (including phenoxy) is 4. The Morgan fingerprint density at radius 1 is 0.766 bits per heavy atom. The van der Waals surface area contributed by atoms with Gasteiger partial charge in [0.1, 0.15) is 25.4 Å². The highest BCUT2D eigenvalue weighted by Crippen LogP contribution is 2.67. The monoisotopic (exact) mass is 892 g/mol. The van der Waals surface area contributed by atoms with E-state index in [0.29, 0.717) is 25.2 Å². The van der Waals surface area contributed by atoms with Gasteiger partial charge in [-0.2, -0.15) is 0 Å². The molecule has 4 unspecified atom stereocenters. The molecule has 0 spiro atoms. The summed E-state index contributed by atoms with van der Waals surface area (Å²) >= 11 is 0. The highest BCUT2D eigenvalue weighted by Gasteiger charge is 2.59. The molecule has 0 aromatic rings. The molecule has 0 bridgehead atoms. The molecular weight excluding hydrogens is 795 g/mol. The van der Waals surface area contributed by atoms with E-state index in [-0.39, 0.29) is 36.8 Å². The van der Waals surface area contributed by atoms with Crippen LogP contribution in [0.4, 0.5) is 0 Å². The lowest BCUT2D eigenvalue weighted by atomic mass is 9.47. The maximum atomic E-state index is 13.0. The van der Waals surface area contributed by atoms with Gasteiger partial charge < -0.3 is 18.9 Å². The number of piperidine rings is 1. The van der Waals surface area contributed by atoms with Crippen LogP contribution in [0.1, 0.15) is 208 Å². The summed E-state index contributed by atoms with van der Waals surface area (Å²) in [6, 6.07) is 0. The zero-order valence-corrected chi connectivity index (χ0v) is 42.2. The predicted octanol–water partition coefficient (Wildman–Crippen LogP) is 14.2. The van der Waals surface area contributed by atoms with Crippen LogP contribution < -0.4 is 0 Å². The number of rotatable bonds is 30. The molecule has 1 saturated heterocycles. The molecule has 4 aliphatic carbocycles. The number of unbranched alkanes of at least 4 members (excludes halogenated alkanes) is 9. The van der Waals surface area contributed by atoms with Gasteiger partial charge >= 0.3 is 11.9 Å². The van der Waals surface area contributed by atoms with E-state index in [4.69, 9.17) is 18.9 Å². The molecule has 5 aliphatic rings. The van der Waals surface area contributed by atoms with Gasteiger partial charge in [0.25, 0.3) is 0 Å². The van der Waals surface area contributed by atoms with Crippen LogP contribution in [0.2, 0.25) is 0 Å². The minimum absolute atomic E-state index is 0.119. The third-order valence-corrected chi connectivity index (χ3v) is 17.0. The Bertz CT molecular complexity index is 1430. The molecule has 0 amide bonds. The summed E-state index contributed by atoms with van der Waals surface area (Å²) in [6.07, 6.45) is 43.3. The van der Waals surface area contributed by atoms with Gasteiger partial charge in [0, 0.05) is 19.6 Å². The molecule has 1 heterocycles. The summed E-state index contributed by atoms with van der Waals surface area (Å²) in [7, 11) is 0. The third-order valence-electron chi connectivity index (χ3n) is 17.0. The van der Waals surface area contributed by atoms with Gasteiger partial charge in [0.2, 0.25) is 0 Å². The van der Waals surface area contributed by atoms with Crippen molar-refractivity contribution < 1.29 is 28.5 Å². The van der Waals surface area contributed by atoms with Crippen LogP contribution in [0.3, 0.4) is 0 Å². The first-order chi connectivity index (χ1) is 31.0. The van der Waals surface area contributed by atoms with Gasteiger partial charge in [0.05, 0.1) is 6.61 Å². The normalized spacial score (nSPS) is 29.4. The van der Waals surface area contributed by atoms with Crippen LogP contribution in [0.5, 0.6) is 0 Å². The van der Waals surface area contributed by atoms with Gasteiger partial charge in [-0.15, -0.1) is 0 Å². The minimum Gasteiger partial charge on any atom is -0.460 e. The molecule has 0 aromatic carbocycles. The number of esters is 2. The molecule has 0 radical (unpaired) electrons. The second-order valence-electron chi connectivity index (χ2n) is 22.3. The van der Waals surface area contributed by atoms with E-state index < -0.39 is 5.97 Å². The van der Waals surface area contributed by atoms with Crippen molar-refractivity contribution >= 4 is 11.9 Å². The van der Waals surface area contributed by atoms with Crippen LogP contribution in [-0.4, -0.2) is 75.1 Å². The van der Waals surface area contributed by atoms with Crippen molar-refractivity contribution in [1.29, 1.82) is 0 Å². The van der Waals surface area contributed by atoms with Gasteiger partial charge in [0.15, 0.2) is 0 Å². The molecule has 366 valence electrons. The van der Waals surface area contributed by atoms with E-state index in [2.05, 4.69) is 76.8 Å². The van der Waals surface area contributed by atoms with E-state index in [9.17, 15) is 9.59 Å². The Balaban J connectivity index is 0.954. The molecule has 9 atom stereocenters. The Hall–Kier alpha value is -1.96. The third kappa shape index (κ3) is 16.7. The first kappa shape index (κ1) is 53.0. The van der Waals surface area contributed by atoms with E-state index in [1.165, 1.54) is 134 Å². The Labute approximate surface area is 393 Å². The highest BCUT2D eigenvalue weighted by molar-refractivity contribution is 5.73. The maximum Gasteiger partial charge on any atom is 0.332 e. The SMILES string of the molecule is CCCCCC=CCC=CCCCCCCCCOCC(CN1CCCCC1)OC(=O)COCC(=O)O[C@H]1CC[C@@]2(C)C(=CCC3C2CC[C@@]2(C)C3CC[C@@H]2[C@H](C)CCCC(C)C)C1. The van der Waals surface area contributed by atoms with Gasteiger partial charge in [-0.1, -0.05) is 142 Å². The second-order valence-corrected chi connectivity index (χ2v) is 22.3.